The molecular formula is C18H10F8N2O2. The smallest absolute Gasteiger partial charge is 0.419 e. The Morgan fingerprint density at radius 3 is 2.20 bits per heavy atom. The van der Waals surface area contributed by atoms with Crippen molar-refractivity contribution in [2.75, 3.05) is 7.11 Å². The number of methoxy groups -OCH3 is 1. The average Bonchev–Trinajstić information content (AvgIpc) is 2.64. The van der Waals surface area contributed by atoms with E-state index in [1.807, 2.05) is 0 Å². The maximum Gasteiger partial charge on any atom is 0.419 e. The van der Waals surface area contributed by atoms with Gasteiger partial charge in [-0.15, -0.1) is 0 Å². The first-order chi connectivity index (χ1) is 13.9. The highest BCUT2D eigenvalue weighted by molar-refractivity contribution is 5.92. The molecule has 0 aliphatic carbocycles. The van der Waals surface area contributed by atoms with Crippen LogP contribution in [0.2, 0.25) is 0 Å². The van der Waals surface area contributed by atoms with E-state index in [2.05, 4.69) is 19.4 Å². The summed E-state index contributed by atoms with van der Waals surface area (Å²) in [6, 6.07) is 3.82. The molecule has 0 saturated carbocycles. The lowest BCUT2D eigenvalue weighted by Crippen LogP contribution is -2.09. The Balaban J connectivity index is 2.29. The highest BCUT2D eigenvalue weighted by atomic mass is 19.4. The van der Waals surface area contributed by atoms with Gasteiger partial charge in [0.1, 0.15) is 5.75 Å². The third-order valence-electron chi connectivity index (χ3n) is 3.98. The van der Waals surface area contributed by atoms with E-state index in [0.717, 1.165) is 25.4 Å². The van der Waals surface area contributed by atoms with Gasteiger partial charge in [-0.1, -0.05) is 6.07 Å². The molecule has 160 valence electrons. The average molecular weight is 438 g/mol. The largest absolute Gasteiger partial charge is 0.496 e. The fraction of sp³-hybridized carbons (Fsp3) is 0.222. The van der Waals surface area contributed by atoms with Crippen molar-refractivity contribution >= 4 is 11.0 Å². The van der Waals surface area contributed by atoms with E-state index in [9.17, 15) is 35.1 Å². The summed E-state index contributed by atoms with van der Waals surface area (Å²) in [5.74, 6) is -1.27. The van der Waals surface area contributed by atoms with E-state index in [1.165, 1.54) is 0 Å². The van der Waals surface area contributed by atoms with Gasteiger partial charge in [0.05, 0.1) is 35.5 Å². The summed E-state index contributed by atoms with van der Waals surface area (Å²) < 4.78 is 113. The highest BCUT2D eigenvalue weighted by Gasteiger charge is 2.36. The first-order valence-electron chi connectivity index (χ1n) is 7.98. The molecule has 0 bridgehead atoms. The van der Waals surface area contributed by atoms with Crippen LogP contribution in [-0.4, -0.2) is 23.7 Å². The molecule has 4 nitrogen and oxygen atoms in total. The zero-order valence-corrected chi connectivity index (χ0v) is 14.8. The summed E-state index contributed by atoms with van der Waals surface area (Å²) in [6.45, 7) is -3.29. The predicted octanol–water partition coefficient (Wildman–Crippen LogP) is 5.94. The van der Waals surface area contributed by atoms with Crippen molar-refractivity contribution in [1.82, 2.24) is 9.97 Å². The number of fused-ring (bicyclic) bond motifs is 1. The Morgan fingerprint density at radius 1 is 0.933 bits per heavy atom. The summed E-state index contributed by atoms with van der Waals surface area (Å²) in [6.07, 6.45) is -8.99. The van der Waals surface area contributed by atoms with E-state index in [1.54, 1.807) is 0 Å². The number of hydrogen-bond acceptors (Lipinski definition) is 4. The molecule has 0 spiro atoms. The second kappa shape index (κ2) is 7.58. The molecule has 1 heterocycles. The molecule has 0 amide bonds. The molecule has 0 aliphatic rings. The molecule has 0 unspecified atom stereocenters. The number of alkyl halides is 8. The third kappa shape index (κ3) is 4.36. The summed E-state index contributed by atoms with van der Waals surface area (Å²) in [4.78, 5) is 7.34. The Labute approximate surface area is 163 Å². The molecular weight excluding hydrogens is 428 g/mol. The third-order valence-corrected chi connectivity index (χ3v) is 3.98. The van der Waals surface area contributed by atoms with E-state index in [-0.39, 0.29) is 16.6 Å². The SMILES string of the molecule is COc1ccc(-c2cc(C(F)(F)F)cc3nc(OC(F)F)cnc23)cc1C(F)(F)F. The van der Waals surface area contributed by atoms with Gasteiger partial charge in [-0.25, -0.2) is 9.97 Å². The van der Waals surface area contributed by atoms with Crippen molar-refractivity contribution in [1.29, 1.82) is 0 Å². The molecule has 0 N–H and O–H groups in total. The Morgan fingerprint density at radius 2 is 1.63 bits per heavy atom. The van der Waals surface area contributed by atoms with Gasteiger partial charge < -0.3 is 9.47 Å². The second-order valence-electron chi connectivity index (χ2n) is 5.89. The van der Waals surface area contributed by atoms with Crippen molar-refractivity contribution in [2.45, 2.75) is 19.0 Å². The van der Waals surface area contributed by atoms with Gasteiger partial charge in [0.15, 0.2) is 0 Å². The monoisotopic (exact) mass is 438 g/mol. The van der Waals surface area contributed by atoms with Crippen molar-refractivity contribution in [3.8, 4) is 22.8 Å². The van der Waals surface area contributed by atoms with Gasteiger partial charge in [0.2, 0.25) is 5.88 Å². The van der Waals surface area contributed by atoms with Crippen LogP contribution in [0, 0.1) is 0 Å². The van der Waals surface area contributed by atoms with E-state index in [0.29, 0.717) is 18.2 Å². The minimum Gasteiger partial charge on any atom is -0.496 e. The summed E-state index contributed by atoms with van der Waals surface area (Å²) >= 11 is 0. The van der Waals surface area contributed by atoms with Gasteiger partial charge >= 0.3 is 19.0 Å². The molecule has 30 heavy (non-hydrogen) atoms. The maximum absolute atomic E-state index is 13.3. The molecule has 12 heteroatoms. The Hall–Kier alpha value is -3.18. The minimum absolute atomic E-state index is 0.233. The second-order valence-corrected chi connectivity index (χ2v) is 5.89. The molecule has 0 fully saturated rings. The fourth-order valence-corrected chi connectivity index (χ4v) is 2.74. The van der Waals surface area contributed by atoms with Crippen molar-refractivity contribution < 1.29 is 44.6 Å². The van der Waals surface area contributed by atoms with Gasteiger partial charge in [-0.05, 0) is 29.8 Å². The van der Waals surface area contributed by atoms with Crippen molar-refractivity contribution in [2.24, 2.45) is 0 Å². The van der Waals surface area contributed by atoms with Gasteiger partial charge in [-0.3, -0.25) is 0 Å². The lowest BCUT2D eigenvalue weighted by Gasteiger charge is -2.16. The zero-order valence-electron chi connectivity index (χ0n) is 14.8. The van der Waals surface area contributed by atoms with Gasteiger partial charge in [-0.2, -0.15) is 35.1 Å². The highest BCUT2D eigenvalue weighted by Crippen LogP contribution is 2.41. The van der Waals surface area contributed by atoms with Crippen LogP contribution in [0.4, 0.5) is 35.1 Å². The summed E-state index contributed by atoms with van der Waals surface area (Å²) in [5.41, 5.74) is -3.76. The topological polar surface area (TPSA) is 44.2 Å². The number of ether oxygens (including phenoxy) is 2. The van der Waals surface area contributed by atoms with Crippen molar-refractivity contribution in [3.63, 3.8) is 0 Å². The number of benzene rings is 2. The first kappa shape index (κ1) is 21.5. The molecule has 2 aromatic carbocycles. The maximum atomic E-state index is 13.3. The first-order valence-corrected chi connectivity index (χ1v) is 7.98. The lowest BCUT2D eigenvalue weighted by atomic mass is 9.98. The van der Waals surface area contributed by atoms with Crippen LogP contribution < -0.4 is 9.47 Å². The van der Waals surface area contributed by atoms with Gasteiger partial charge in [0.25, 0.3) is 0 Å². The normalized spacial score (nSPS) is 12.5. The minimum atomic E-state index is -4.89. The molecule has 0 aliphatic heterocycles. The van der Waals surface area contributed by atoms with E-state index < -0.39 is 47.2 Å². The summed E-state index contributed by atoms with van der Waals surface area (Å²) in [5, 5.41) is 0. The van der Waals surface area contributed by atoms with Crippen LogP contribution in [0.1, 0.15) is 11.1 Å². The molecule has 1 aromatic heterocycles. The molecule has 0 atom stereocenters. The number of hydrogen-bond donors (Lipinski definition) is 0. The standard InChI is InChI=1S/C18H10F8N2O2/c1-29-13-3-2-8(4-11(13)18(24,25)26)10-5-9(17(21,22)23)6-12-15(10)27-7-14(28-12)30-16(19)20/h2-7,16H,1H3. The number of halogens is 8. The number of aromatic nitrogens is 2. The zero-order chi connectivity index (χ0) is 22.3. The van der Waals surface area contributed by atoms with Gasteiger partial charge in [0, 0.05) is 5.56 Å². The van der Waals surface area contributed by atoms with Crippen LogP contribution in [0.25, 0.3) is 22.2 Å². The molecule has 3 rings (SSSR count). The summed E-state index contributed by atoms with van der Waals surface area (Å²) in [7, 11) is 1.01. The predicted molar refractivity (Wildman–Crippen MR) is 88.2 cm³/mol. The fourth-order valence-electron chi connectivity index (χ4n) is 2.74. The Kier molecular flexibility index (Phi) is 5.44. The van der Waals surface area contributed by atoms with Crippen LogP contribution >= 0.6 is 0 Å². The van der Waals surface area contributed by atoms with E-state index in [4.69, 9.17) is 0 Å². The molecule has 3 aromatic rings. The quantitative estimate of drug-likeness (QED) is 0.473. The number of nitrogens with zero attached hydrogens (tertiary/aromatic N) is 2. The van der Waals surface area contributed by atoms with E-state index >= 15 is 0 Å². The number of rotatable bonds is 4. The Bertz CT molecular complexity index is 1080. The lowest BCUT2D eigenvalue weighted by molar-refractivity contribution is -0.139. The molecule has 0 radical (unpaired) electrons. The van der Waals surface area contributed by atoms with Crippen LogP contribution in [0.15, 0.2) is 36.5 Å². The van der Waals surface area contributed by atoms with Crippen molar-refractivity contribution in [3.05, 3.63) is 47.7 Å². The van der Waals surface area contributed by atoms with Crippen LogP contribution in [0.3, 0.4) is 0 Å². The van der Waals surface area contributed by atoms with Crippen LogP contribution in [-0.2, 0) is 12.4 Å². The molecule has 0 saturated heterocycles. The van der Waals surface area contributed by atoms with Crippen LogP contribution in [0.5, 0.6) is 11.6 Å².